The molecular formula is C16H14BrClN4O2. The SMILES string of the molecule is Cl.NCc1ccc(C(=O)N=Nc2c(O)[nH]c3ccc(Br)cc23)cc1. The number of aromatic amines is 1. The maximum absolute atomic E-state index is 12.1. The largest absolute Gasteiger partial charge is 0.493 e. The first-order valence-corrected chi connectivity index (χ1v) is 7.63. The van der Waals surface area contributed by atoms with Gasteiger partial charge in [0.15, 0.2) is 5.69 Å². The Kier molecular flexibility index (Phi) is 5.71. The van der Waals surface area contributed by atoms with Gasteiger partial charge in [-0.15, -0.1) is 22.6 Å². The Hall–Kier alpha value is -2.22. The Morgan fingerprint density at radius 1 is 1.21 bits per heavy atom. The number of hydrogen-bond acceptors (Lipinski definition) is 4. The van der Waals surface area contributed by atoms with E-state index in [0.717, 1.165) is 10.0 Å². The van der Waals surface area contributed by atoms with Crippen molar-refractivity contribution in [1.29, 1.82) is 0 Å². The Labute approximate surface area is 152 Å². The lowest BCUT2D eigenvalue weighted by molar-refractivity contribution is 0.0995. The van der Waals surface area contributed by atoms with Crippen molar-refractivity contribution in [2.24, 2.45) is 16.0 Å². The number of aromatic nitrogens is 1. The van der Waals surface area contributed by atoms with Crippen molar-refractivity contribution >= 4 is 50.8 Å². The molecule has 0 bridgehead atoms. The summed E-state index contributed by atoms with van der Waals surface area (Å²) in [5.41, 5.74) is 7.79. The van der Waals surface area contributed by atoms with Gasteiger partial charge in [-0.3, -0.25) is 4.79 Å². The van der Waals surface area contributed by atoms with Crippen LogP contribution in [-0.4, -0.2) is 16.0 Å². The zero-order chi connectivity index (χ0) is 16.4. The van der Waals surface area contributed by atoms with Crippen molar-refractivity contribution in [3.05, 3.63) is 58.1 Å². The average Bonchev–Trinajstić information content (AvgIpc) is 2.87. The summed E-state index contributed by atoms with van der Waals surface area (Å²) in [5.74, 6) is -0.620. The number of nitrogens with one attached hydrogen (secondary N) is 1. The van der Waals surface area contributed by atoms with Crippen LogP contribution in [0.4, 0.5) is 5.69 Å². The molecule has 0 aliphatic heterocycles. The molecule has 24 heavy (non-hydrogen) atoms. The molecular weight excluding hydrogens is 396 g/mol. The van der Waals surface area contributed by atoms with Crippen LogP contribution in [0.25, 0.3) is 10.9 Å². The molecule has 0 saturated carbocycles. The molecule has 8 heteroatoms. The maximum atomic E-state index is 12.1. The highest BCUT2D eigenvalue weighted by Gasteiger charge is 2.12. The molecule has 2 aromatic carbocycles. The lowest BCUT2D eigenvalue weighted by atomic mass is 10.1. The number of halogens is 2. The van der Waals surface area contributed by atoms with Crippen LogP contribution in [0, 0.1) is 0 Å². The van der Waals surface area contributed by atoms with Gasteiger partial charge < -0.3 is 15.8 Å². The highest BCUT2D eigenvalue weighted by molar-refractivity contribution is 9.10. The first-order chi connectivity index (χ1) is 11.1. The highest BCUT2D eigenvalue weighted by atomic mass is 79.9. The molecule has 1 heterocycles. The van der Waals surface area contributed by atoms with Gasteiger partial charge in [0, 0.05) is 22.0 Å². The fraction of sp³-hybridized carbons (Fsp3) is 0.0625. The van der Waals surface area contributed by atoms with E-state index >= 15 is 0 Å². The van der Waals surface area contributed by atoms with E-state index in [-0.39, 0.29) is 24.0 Å². The Morgan fingerprint density at radius 2 is 1.92 bits per heavy atom. The fourth-order valence-corrected chi connectivity index (χ4v) is 2.53. The lowest BCUT2D eigenvalue weighted by Crippen LogP contribution is -1.98. The second-order valence-corrected chi connectivity index (χ2v) is 5.83. The number of benzene rings is 2. The summed E-state index contributed by atoms with van der Waals surface area (Å²) in [4.78, 5) is 14.8. The van der Waals surface area contributed by atoms with E-state index in [1.54, 1.807) is 36.4 Å². The molecule has 0 spiro atoms. The molecule has 1 aromatic heterocycles. The molecule has 0 saturated heterocycles. The number of aromatic hydroxyl groups is 1. The minimum atomic E-state index is -0.489. The number of hydrogen-bond donors (Lipinski definition) is 3. The van der Waals surface area contributed by atoms with Gasteiger partial charge in [0.2, 0.25) is 5.88 Å². The van der Waals surface area contributed by atoms with Gasteiger partial charge in [-0.1, -0.05) is 28.1 Å². The quantitative estimate of drug-likeness (QED) is 0.557. The third kappa shape index (κ3) is 3.64. The van der Waals surface area contributed by atoms with E-state index in [4.69, 9.17) is 5.73 Å². The molecule has 0 atom stereocenters. The molecule has 0 aliphatic rings. The minimum Gasteiger partial charge on any atom is -0.493 e. The van der Waals surface area contributed by atoms with Crippen LogP contribution in [0.3, 0.4) is 0 Å². The first-order valence-electron chi connectivity index (χ1n) is 6.84. The molecule has 124 valence electrons. The van der Waals surface area contributed by atoms with E-state index in [1.165, 1.54) is 0 Å². The number of rotatable bonds is 3. The van der Waals surface area contributed by atoms with Gasteiger partial charge in [0.05, 0.1) is 5.52 Å². The van der Waals surface area contributed by atoms with Crippen molar-refractivity contribution in [3.63, 3.8) is 0 Å². The van der Waals surface area contributed by atoms with E-state index in [2.05, 4.69) is 31.1 Å². The predicted molar refractivity (Wildman–Crippen MR) is 98.1 cm³/mol. The van der Waals surface area contributed by atoms with E-state index < -0.39 is 5.91 Å². The summed E-state index contributed by atoms with van der Waals surface area (Å²) in [6, 6.07) is 12.3. The second kappa shape index (κ2) is 7.57. The molecule has 0 fully saturated rings. The fourth-order valence-electron chi connectivity index (χ4n) is 2.17. The normalized spacial score (nSPS) is 10.9. The van der Waals surface area contributed by atoms with Crippen LogP contribution >= 0.6 is 28.3 Å². The Bertz CT molecular complexity index is 906. The van der Waals surface area contributed by atoms with Gasteiger partial charge >= 0.3 is 0 Å². The molecule has 0 radical (unpaired) electrons. The van der Waals surface area contributed by atoms with Gasteiger partial charge in [0.25, 0.3) is 5.91 Å². The van der Waals surface area contributed by atoms with Crippen LogP contribution in [-0.2, 0) is 6.54 Å². The van der Waals surface area contributed by atoms with Gasteiger partial charge in [0.1, 0.15) is 0 Å². The van der Waals surface area contributed by atoms with Crippen molar-refractivity contribution in [3.8, 4) is 5.88 Å². The maximum Gasteiger partial charge on any atom is 0.295 e. The average molecular weight is 410 g/mol. The van der Waals surface area contributed by atoms with Crippen molar-refractivity contribution in [2.75, 3.05) is 0 Å². The van der Waals surface area contributed by atoms with Gasteiger partial charge in [-0.2, -0.15) is 0 Å². The summed E-state index contributed by atoms with van der Waals surface area (Å²) in [6.07, 6.45) is 0. The Morgan fingerprint density at radius 3 is 2.58 bits per heavy atom. The number of nitrogens with two attached hydrogens (primary N) is 1. The van der Waals surface area contributed by atoms with E-state index in [0.29, 0.717) is 23.0 Å². The smallest absolute Gasteiger partial charge is 0.295 e. The standard InChI is InChI=1S/C16H13BrN4O2.ClH/c17-11-5-6-13-12(7-11)14(16(23)19-13)20-21-15(22)10-3-1-9(8-18)2-4-10;/h1-7,19,23H,8,18H2;1H. The summed E-state index contributed by atoms with van der Waals surface area (Å²) in [7, 11) is 0. The molecule has 6 nitrogen and oxygen atoms in total. The number of carbonyl (C=O) groups excluding carboxylic acids is 1. The number of carbonyl (C=O) groups is 1. The summed E-state index contributed by atoms with van der Waals surface area (Å²) in [5, 5.41) is 18.2. The summed E-state index contributed by atoms with van der Waals surface area (Å²) in [6.45, 7) is 0.411. The molecule has 0 unspecified atom stereocenters. The minimum absolute atomic E-state index is 0. The summed E-state index contributed by atoms with van der Waals surface area (Å²) < 4.78 is 0.837. The molecule has 4 N–H and O–H groups in total. The summed E-state index contributed by atoms with van der Waals surface area (Å²) >= 11 is 3.36. The number of fused-ring (bicyclic) bond motifs is 1. The van der Waals surface area contributed by atoms with Crippen molar-refractivity contribution < 1.29 is 9.90 Å². The molecule has 3 aromatic rings. The third-order valence-electron chi connectivity index (χ3n) is 3.39. The van der Waals surface area contributed by atoms with Crippen LogP contribution in [0.5, 0.6) is 5.88 Å². The molecule has 0 aliphatic carbocycles. The molecule has 3 rings (SSSR count). The van der Waals surface area contributed by atoms with Crippen LogP contribution in [0.2, 0.25) is 0 Å². The van der Waals surface area contributed by atoms with Gasteiger partial charge in [-0.25, -0.2) is 0 Å². The lowest BCUT2D eigenvalue weighted by Gasteiger charge is -1.98. The number of nitrogens with zero attached hydrogens (tertiary/aromatic N) is 2. The first kappa shape index (κ1) is 18.1. The zero-order valence-electron chi connectivity index (χ0n) is 12.4. The number of H-pyrrole nitrogens is 1. The monoisotopic (exact) mass is 408 g/mol. The van der Waals surface area contributed by atoms with Crippen molar-refractivity contribution in [2.45, 2.75) is 6.54 Å². The van der Waals surface area contributed by atoms with Crippen molar-refractivity contribution in [1.82, 2.24) is 4.98 Å². The number of amides is 1. The highest BCUT2D eigenvalue weighted by Crippen LogP contribution is 2.36. The molecule has 1 amide bonds. The van der Waals surface area contributed by atoms with Crippen LogP contribution in [0.15, 0.2) is 57.2 Å². The van der Waals surface area contributed by atoms with E-state index in [1.807, 2.05) is 6.07 Å². The number of azo groups is 1. The van der Waals surface area contributed by atoms with Gasteiger partial charge in [-0.05, 0) is 35.9 Å². The van der Waals surface area contributed by atoms with Crippen LogP contribution in [0.1, 0.15) is 15.9 Å². The van der Waals surface area contributed by atoms with Crippen LogP contribution < -0.4 is 5.73 Å². The third-order valence-corrected chi connectivity index (χ3v) is 3.88. The Balaban J connectivity index is 0.00000208. The predicted octanol–water partition coefficient (Wildman–Crippen LogP) is 4.44. The van der Waals surface area contributed by atoms with E-state index in [9.17, 15) is 9.90 Å². The second-order valence-electron chi connectivity index (χ2n) is 4.92. The zero-order valence-corrected chi connectivity index (χ0v) is 14.8. The topological polar surface area (TPSA) is 104 Å².